The Hall–Kier alpha value is -1.10. The number of nitrogens with two attached hydrogens (primary N) is 1. The Morgan fingerprint density at radius 3 is 2.26 bits per heavy atom. The molecule has 0 radical (unpaired) electrons. The lowest BCUT2D eigenvalue weighted by Gasteiger charge is -2.25. The van der Waals surface area contributed by atoms with Crippen LogP contribution in [0.4, 0.5) is 0 Å². The van der Waals surface area contributed by atoms with Gasteiger partial charge in [-0.3, -0.25) is 9.59 Å². The van der Waals surface area contributed by atoms with Crippen molar-refractivity contribution in [3.63, 3.8) is 0 Å². The van der Waals surface area contributed by atoms with Gasteiger partial charge >= 0.3 is 5.97 Å². The molecule has 1 unspecified atom stereocenters. The van der Waals surface area contributed by atoms with Crippen LogP contribution in [0.25, 0.3) is 0 Å². The number of carbonyl (C=O) groups excluding carboxylic acids is 1. The lowest BCUT2D eigenvalue weighted by molar-refractivity contribution is -0.138. The maximum atomic E-state index is 11.8. The summed E-state index contributed by atoms with van der Waals surface area (Å²) in [4.78, 5) is 22.5. The molecule has 0 aliphatic carbocycles. The van der Waals surface area contributed by atoms with Crippen molar-refractivity contribution in [2.45, 2.75) is 58.9 Å². The van der Waals surface area contributed by atoms with Crippen LogP contribution in [-0.2, 0) is 9.59 Å². The first-order valence-corrected chi connectivity index (χ1v) is 6.91. The van der Waals surface area contributed by atoms with Gasteiger partial charge in [-0.1, -0.05) is 13.8 Å². The highest BCUT2D eigenvalue weighted by molar-refractivity contribution is 5.78. The van der Waals surface area contributed by atoms with Crippen LogP contribution in [0.2, 0.25) is 0 Å². The third-order valence-corrected chi connectivity index (χ3v) is 3.29. The van der Waals surface area contributed by atoms with Gasteiger partial charge in [-0.2, -0.15) is 0 Å². The molecule has 1 amide bonds. The standard InChI is InChI=1S/C14H28N2O3/c1-10(2)11(7-8-15)5-6-12(17)16-14(3,4)9-13(18)19/h10-11H,5-9,15H2,1-4H3,(H,16,17)(H,18,19). The molecule has 0 fully saturated rings. The van der Waals surface area contributed by atoms with Gasteiger partial charge in [0.15, 0.2) is 0 Å². The molecule has 5 nitrogen and oxygen atoms in total. The molecule has 0 spiro atoms. The van der Waals surface area contributed by atoms with Crippen molar-refractivity contribution < 1.29 is 14.7 Å². The first-order chi connectivity index (χ1) is 8.68. The van der Waals surface area contributed by atoms with E-state index in [4.69, 9.17) is 10.8 Å². The Morgan fingerprint density at radius 2 is 1.84 bits per heavy atom. The Labute approximate surface area is 115 Å². The molecule has 0 saturated carbocycles. The molecule has 0 aromatic heterocycles. The third-order valence-electron chi connectivity index (χ3n) is 3.29. The average molecular weight is 272 g/mol. The lowest BCUT2D eigenvalue weighted by atomic mass is 9.88. The molecule has 0 aromatic rings. The van der Waals surface area contributed by atoms with Gasteiger partial charge in [-0.15, -0.1) is 0 Å². The summed E-state index contributed by atoms with van der Waals surface area (Å²) in [6, 6.07) is 0. The van der Waals surface area contributed by atoms with E-state index in [1.54, 1.807) is 13.8 Å². The SMILES string of the molecule is CC(C)C(CCN)CCC(=O)NC(C)(C)CC(=O)O. The first-order valence-electron chi connectivity index (χ1n) is 6.91. The normalized spacial score (nSPS) is 13.4. The fourth-order valence-corrected chi connectivity index (χ4v) is 2.20. The van der Waals surface area contributed by atoms with Crippen LogP contribution in [0.3, 0.4) is 0 Å². The molecule has 0 saturated heterocycles. The zero-order chi connectivity index (χ0) is 15.1. The monoisotopic (exact) mass is 272 g/mol. The second-order valence-corrected chi connectivity index (χ2v) is 6.12. The van der Waals surface area contributed by atoms with Gasteiger partial charge in [0.1, 0.15) is 0 Å². The number of aliphatic carboxylic acids is 1. The number of amides is 1. The molecule has 5 heteroatoms. The molecule has 112 valence electrons. The number of carboxylic acid groups (broad SMARTS) is 1. The molecule has 0 aliphatic heterocycles. The van der Waals surface area contributed by atoms with Gasteiger partial charge in [0.05, 0.1) is 6.42 Å². The summed E-state index contributed by atoms with van der Waals surface area (Å²) in [7, 11) is 0. The predicted octanol–water partition coefficient (Wildman–Crippen LogP) is 1.76. The number of nitrogens with one attached hydrogen (secondary N) is 1. The van der Waals surface area contributed by atoms with Gasteiger partial charge in [0, 0.05) is 12.0 Å². The highest BCUT2D eigenvalue weighted by Gasteiger charge is 2.24. The van der Waals surface area contributed by atoms with Gasteiger partial charge < -0.3 is 16.2 Å². The Kier molecular flexibility index (Phi) is 7.68. The number of carbonyl (C=O) groups is 2. The van der Waals surface area contributed by atoms with E-state index in [0.717, 1.165) is 12.8 Å². The fourth-order valence-electron chi connectivity index (χ4n) is 2.20. The summed E-state index contributed by atoms with van der Waals surface area (Å²) in [6.07, 6.45) is 2.06. The van der Waals surface area contributed by atoms with Crippen molar-refractivity contribution >= 4 is 11.9 Å². The van der Waals surface area contributed by atoms with E-state index in [-0.39, 0.29) is 12.3 Å². The topological polar surface area (TPSA) is 92.4 Å². The molecule has 0 heterocycles. The summed E-state index contributed by atoms with van der Waals surface area (Å²) < 4.78 is 0. The van der Waals surface area contributed by atoms with Gasteiger partial charge in [0.2, 0.25) is 5.91 Å². The minimum absolute atomic E-state index is 0.0743. The van der Waals surface area contributed by atoms with Crippen LogP contribution in [0.5, 0.6) is 0 Å². The van der Waals surface area contributed by atoms with Crippen molar-refractivity contribution in [3.05, 3.63) is 0 Å². The first kappa shape index (κ1) is 17.9. The van der Waals surface area contributed by atoms with E-state index in [2.05, 4.69) is 19.2 Å². The number of rotatable bonds is 9. The van der Waals surface area contributed by atoms with E-state index < -0.39 is 11.5 Å². The van der Waals surface area contributed by atoms with Crippen LogP contribution in [-0.4, -0.2) is 29.1 Å². The van der Waals surface area contributed by atoms with E-state index in [0.29, 0.717) is 24.8 Å². The largest absolute Gasteiger partial charge is 0.481 e. The van der Waals surface area contributed by atoms with E-state index in [1.165, 1.54) is 0 Å². The number of carboxylic acids is 1. The molecule has 0 aliphatic rings. The molecule has 0 rings (SSSR count). The smallest absolute Gasteiger partial charge is 0.305 e. The van der Waals surface area contributed by atoms with Crippen molar-refractivity contribution in [2.24, 2.45) is 17.6 Å². The van der Waals surface area contributed by atoms with Crippen molar-refractivity contribution in [3.8, 4) is 0 Å². The average Bonchev–Trinajstić information content (AvgIpc) is 2.20. The molecule has 19 heavy (non-hydrogen) atoms. The summed E-state index contributed by atoms with van der Waals surface area (Å²) >= 11 is 0. The van der Waals surface area contributed by atoms with E-state index >= 15 is 0 Å². The molecule has 1 atom stereocenters. The molecule has 0 bridgehead atoms. The Bertz CT molecular complexity index is 301. The molecule has 4 N–H and O–H groups in total. The number of hydrogen-bond donors (Lipinski definition) is 3. The van der Waals surface area contributed by atoms with E-state index in [1.807, 2.05) is 0 Å². The van der Waals surface area contributed by atoms with E-state index in [9.17, 15) is 9.59 Å². The van der Waals surface area contributed by atoms with Crippen LogP contribution in [0.1, 0.15) is 53.4 Å². The molecular weight excluding hydrogens is 244 g/mol. The van der Waals surface area contributed by atoms with Gasteiger partial charge in [-0.25, -0.2) is 0 Å². The summed E-state index contributed by atoms with van der Waals surface area (Å²) in [5.74, 6) is -0.0517. The second kappa shape index (κ2) is 8.15. The van der Waals surface area contributed by atoms with Crippen LogP contribution in [0, 0.1) is 11.8 Å². The van der Waals surface area contributed by atoms with Crippen molar-refractivity contribution in [1.29, 1.82) is 0 Å². The predicted molar refractivity (Wildman–Crippen MR) is 75.7 cm³/mol. The van der Waals surface area contributed by atoms with Crippen LogP contribution >= 0.6 is 0 Å². The number of hydrogen-bond acceptors (Lipinski definition) is 3. The Morgan fingerprint density at radius 1 is 1.26 bits per heavy atom. The summed E-state index contributed by atoms with van der Waals surface area (Å²) in [6.45, 7) is 8.34. The Balaban J connectivity index is 4.20. The van der Waals surface area contributed by atoms with Crippen LogP contribution in [0.15, 0.2) is 0 Å². The third kappa shape index (κ3) is 8.59. The second-order valence-electron chi connectivity index (χ2n) is 6.12. The molecular formula is C14H28N2O3. The highest BCUT2D eigenvalue weighted by atomic mass is 16.4. The van der Waals surface area contributed by atoms with Gasteiger partial charge in [-0.05, 0) is 45.1 Å². The zero-order valence-corrected chi connectivity index (χ0v) is 12.5. The minimum Gasteiger partial charge on any atom is -0.481 e. The lowest BCUT2D eigenvalue weighted by Crippen LogP contribution is -2.45. The fraction of sp³-hybridized carbons (Fsp3) is 0.857. The van der Waals surface area contributed by atoms with Gasteiger partial charge in [0.25, 0.3) is 0 Å². The zero-order valence-electron chi connectivity index (χ0n) is 12.5. The summed E-state index contributed by atoms with van der Waals surface area (Å²) in [5, 5.41) is 11.5. The maximum absolute atomic E-state index is 11.8. The van der Waals surface area contributed by atoms with Crippen LogP contribution < -0.4 is 11.1 Å². The summed E-state index contributed by atoms with van der Waals surface area (Å²) in [5.41, 5.74) is 4.86. The van der Waals surface area contributed by atoms with Crippen molar-refractivity contribution in [2.75, 3.05) is 6.54 Å². The highest BCUT2D eigenvalue weighted by Crippen LogP contribution is 2.20. The minimum atomic E-state index is -0.909. The van der Waals surface area contributed by atoms with Crippen molar-refractivity contribution in [1.82, 2.24) is 5.32 Å². The molecule has 0 aromatic carbocycles. The quantitative estimate of drug-likeness (QED) is 0.596. The maximum Gasteiger partial charge on any atom is 0.305 e.